The van der Waals surface area contributed by atoms with Crippen LogP contribution in [-0.2, 0) is 19.6 Å². The van der Waals surface area contributed by atoms with Crippen LogP contribution in [0, 0.1) is 11.2 Å². The summed E-state index contributed by atoms with van der Waals surface area (Å²) < 4.78 is 53.1. The monoisotopic (exact) mass is 521 g/mol. The van der Waals surface area contributed by atoms with E-state index in [4.69, 9.17) is 9.47 Å². The minimum absolute atomic E-state index is 0.0818. The number of hydrogen-bond acceptors (Lipinski definition) is 6. The van der Waals surface area contributed by atoms with Gasteiger partial charge in [0.1, 0.15) is 23.3 Å². The average molecular weight is 522 g/mol. The molecule has 1 aliphatic rings. The Morgan fingerprint density at radius 3 is 2.33 bits per heavy atom. The van der Waals surface area contributed by atoms with Crippen molar-refractivity contribution in [3.05, 3.63) is 48.3 Å². The molecule has 0 bridgehead atoms. The van der Waals surface area contributed by atoms with Gasteiger partial charge in [-0.15, -0.1) is 0 Å². The number of benzene rings is 2. The Bertz CT molecular complexity index is 1240. The quantitative estimate of drug-likeness (QED) is 0.586. The molecule has 1 aliphatic heterocycles. The van der Waals surface area contributed by atoms with Crippen molar-refractivity contribution in [2.24, 2.45) is 5.41 Å². The number of sulfonamides is 1. The van der Waals surface area contributed by atoms with Gasteiger partial charge >= 0.3 is 6.09 Å². The van der Waals surface area contributed by atoms with Crippen molar-refractivity contribution in [2.75, 3.05) is 22.7 Å². The van der Waals surface area contributed by atoms with E-state index in [-0.39, 0.29) is 40.7 Å². The highest BCUT2D eigenvalue weighted by molar-refractivity contribution is 7.92. The van der Waals surface area contributed by atoms with E-state index >= 15 is 0 Å². The Kier molecular flexibility index (Phi) is 7.54. The van der Waals surface area contributed by atoms with Gasteiger partial charge in [0, 0.05) is 18.0 Å². The molecule has 0 fully saturated rings. The molecule has 0 spiro atoms. The third-order valence-corrected chi connectivity index (χ3v) is 8.07. The first-order valence-electron chi connectivity index (χ1n) is 11.4. The third-order valence-electron chi connectivity index (χ3n) is 6.27. The zero-order valence-corrected chi connectivity index (χ0v) is 22.0. The van der Waals surface area contributed by atoms with Gasteiger partial charge in [-0.25, -0.2) is 17.6 Å². The van der Waals surface area contributed by atoms with Crippen molar-refractivity contribution < 1.29 is 31.9 Å². The number of hydrogen-bond donors (Lipinski definition) is 2. The summed E-state index contributed by atoms with van der Waals surface area (Å²) in [7, 11) is -4.13. The summed E-state index contributed by atoms with van der Waals surface area (Å²) in [6, 6.07) is 9.05. The van der Waals surface area contributed by atoms with Gasteiger partial charge in [0.15, 0.2) is 0 Å². The second-order valence-electron chi connectivity index (χ2n) is 10.1. The molecule has 2 aromatic carbocycles. The fourth-order valence-electron chi connectivity index (χ4n) is 3.24. The molecule has 1 heterocycles. The van der Waals surface area contributed by atoms with Crippen LogP contribution in [0.3, 0.4) is 0 Å². The number of carbonyl (C=O) groups is 2. The van der Waals surface area contributed by atoms with Crippen molar-refractivity contribution in [2.45, 2.75) is 58.1 Å². The van der Waals surface area contributed by atoms with Crippen LogP contribution in [0.15, 0.2) is 47.4 Å². The van der Waals surface area contributed by atoms with E-state index in [2.05, 4.69) is 10.6 Å². The van der Waals surface area contributed by atoms with Crippen molar-refractivity contribution in [1.29, 1.82) is 0 Å². The summed E-state index contributed by atoms with van der Waals surface area (Å²) in [5.74, 6) is -0.604. The Hall–Kier alpha value is -3.34. The second-order valence-corrected chi connectivity index (χ2v) is 12.0. The van der Waals surface area contributed by atoms with E-state index in [0.717, 1.165) is 16.4 Å². The molecule has 11 heteroatoms. The molecule has 3 rings (SSSR count). The van der Waals surface area contributed by atoms with Crippen LogP contribution in [0.4, 0.5) is 20.6 Å². The number of nitrogens with one attached hydrogen (secondary N) is 2. The number of anilines is 2. The molecule has 0 aromatic heterocycles. The zero-order chi connectivity index (χ0) is 26.9. The van der Waals surface area contributed by atoms with Crippen LogP contribution < -0.4 is 19.7 Å². The van der Waals surface area contributed by atoms with E-state index in [1.807, 2.05) is 20.8 Å². The number of carbonyl (C=O) groups excluding carboxylic acids is 2. The largest absolute Gasteiger partial charge is 0.484 e. The van der Waals surface area contributed by atoms with Gasteiger partial charge in [-0.3, -0.25) is 14.4 Å². The zero-order valence-electron chi connectivity index (χ0n) is 21.2. The molecule has 0 saturated heterocycles. The average Bonchev–Trinajstić information content (AvgIpc) is 2.76. The number of ether oxygens (including phenoxy) is 2. The molecule has 2 aromatic rings. The molecular weight excluding hydrogens is 489 g/mol. The number of rotatable bonds is 6. The van der Waals surface area contributed by atoms with Crippen molar-refractivity contribution in [3.8, 4) is 5.75 Å². The Morgan fingerprint density at radius 1 is 1.11 bits per heavy atom. The lowest BCUT2D eigenvalue weighted by molar-refractivity contribution is -0.119. The Balaban J connectivity index is 1.95. The van der Waals surface area contributed by atoms with Gasteiger partial charge in [-0.05, 0) is 56.3 Å². The van der Waals surface area contributed by atoms with E-state index in [1.165, 1.54) is 31.2 Å². The predicted molar refractivity (Wildman–Crippen MR) is 134 cm³/mol. The lowest BCUT2D eigenvalue weighted by Gasteiger charge is -2.38. The SMILES string of the molecule is CC(=O)NC[C@H]1CN(S(=O)(=O)c2ccc(F)cc2)c2cc(NC(=O)OC(C)(C)C(C)(C)C)ccc2O1. The summed E-state index contributed by atoms with van der Waals surface area (Å²) in [6.07, 6.45) is -1.36. The van der Waals surface area contributed by atoms with Crippen molar-refractivity contribution >= 4 is 33.4 Å². The van der Waals surface area contributed by atoms with Crippen molar-refractivity contribution in [3.63, 3.8) is 0 Å². The minimum Gasteiger partial charge on any atom is -0.484 e. The topological polar surface area (TPSA) is 114 Å². The number of fused-ring (bicyclic) bond motifs is 1. The highest BCUT2D eigenvalue weighted by Crippen LogP contribution is 2.39. The molecule has 36 heavy (non-hydrogen) atoms. The first-order valence-corrected chi connectivity index (χ1v) is 12.9. The molecule has 9 nitrogen and oxygen atoms in total. The fraction of sp³-hybridized carbons (Fsp3) is 0.440. The van der Waals surface area contributed by atoms with Gasteiger partial charge in [0.25, 0.3) is 10.0 Å². The molecule has 0 aliphatic carbocycles. The Labute approximate surface area is 211 Å². The van der Waals surface area contributed by atoms with Gasteiger partial charge in [-0.2, -0.15) is 0 Å². The molecular formula is C25H32FN3O6S. The fourth-order valence-corrected chi connectivity index (χ4v) is 4.74. The molecule has 196 valence electrons. The summed E-state index contributed by atoms with van der Waals surface area (Å²) in [5, 5.41) is 5.27. The number of amides is 2. The van der Waals surface area contributed by atoms with Crippen LogP contribution in [0.25, 0.3) is 0 Å². The van der Waals surface area contributed by atoms with Gasteiger partial charge < -0.3 is 14.8 Å². The first kappa shape index (κ1) is 27.3. The summed E-state index contributed by atoms with van der Waals surface area (Å²) in [6.45, 7) is 10.8. The normalized spacial score (nSPS) is 16.0. The number of nitrogens with zero attached hydrogens (tertiary/aromatic N) is 1. The lowest BCUT2D eigenvalue weighted by Crippen LogP contribution is -2.48. The maximum atomic E-state index is 13.5. The molecule has 0 radical (unpaired) electrons. The summed E-state index contributed by atoms with van der Waals surface area (Å²) >= 11 is 0. The molecule has 0 unspecified atom stereocenters. The third kappa shape index (κ3) is 6.07. The Morgan fingerprint density at radius 2 is 1.75 bits per heavy atom. The lowest BCUT2D eigenvalue weighted by atomic mass is 9.79. The highest BCUT2D eigenvalue weighted by Gasteiger charge is 2.37. The smallest absolute Gasteiger partial charge is 0.412 e. The first-order chi connectivity index (χ1) is 16.6. The standard InChI is InChI=1S/C25H32FN3O6S/c1-16(30)27-14-19-15-29(36(32,33)20-10-7-17(26)8-11-20)21-13-18(9-12-22(21)34-19)28-23(31)35-25(5,6)24(2,3)4/h7-13,19H,14-15H2,1-6H3,(H,27,30)(H,28,31)/t19-/m0/s1. The van der Waals surface area contributed by atoms with Crippen LogP contribution in [0.1, 0.15) is 41.5 Å². The van der Waals surface area contributed by atoms with E-state index in [0.29, 0.717) is 5.69 Å². The molecule has 1 atom stereocenters. The highest BCUT2D eigenvalue weighted by atomic mass is 32.2. The van der Waals surface area contributed by atoms with Gasteiger partial charge in [-0.1, -0.05) is 20.8 Å². The number of halogens is 1. The molecule has 0 saturated carbocycles. The van der Waals surface area contributed by atoms with Gasteiger partial charge in [0.2, 0.25) is 5.91 Å². The van der Waals surface area contributed by atoms with Crippen molar-refractivity contribution in [1.82, 2.24) is 5.32 Å². The summed E-state index contributed by atoms with van der Waals surface area (Å²) in [4.78, 5) is 23.9. The van der Waals surface area contributed by atoms with E-state index < -0.39 is 33.6 Å². The van der Waals surface area contributed by atoms with Crippen LogP contribution in [0.2, 0.25) is 0 Å². The van der Waals surface area contributed by atoms with Crippen LogP contribution >= 0.6 is 0 Å². The second kappa shape index (κ2) is 9.96. The maximum absolute atomic E-state index is 13.5. The van der Waals surface area contributed by atoms with Crippen LogP contribution in [-0.4, -0.2) is 45.2 Å². The van der Waals surface area contributed by atoms with E-state index in [9.17, 15) is 22.4 Å². The van der Waals surface area contributed by atoms with Gasteiger partial charge in [0.05, 0.1) is 23.7 Å². The molecule has 2 amide bonds. The predicted octanol–water partition coefficient (Wildman–Crippen LogP) is 4.29. The van der Waals surface area contributed by atoms with Crippen LogP contribution in [0.5, 0.6) is 5.75 Å². The van der Waals surface area contributed by atoms with E-state index in [1.54, 1.807) is 19.9 Å². The minimum atomic E-state index is -4.13. The summed E-state index contributed by atoms with van der Waals surface area (Å²) in [5.41, 5.74) is -0.613. The maximum Gasteiger partial charge on any atom is 0.412 e. The molecule has 2 N–H and O–H groups in total.